The molecule has 0 aromatic heterocycles. The van der Waals surface area contributed by atoms with Crippen molar-refractivity contribution in [2.45, 2.75) is 0 Å². The molecule has 0 radical (unpaired) electrons. The third-order valence-electron chi connectivity index (χ3n) is 0.404. The Kier molecular flexibility index (Phi) is 2.56. The van der Waals surface area contributed by atoms with Crippen molar-refractivity contribution in [2.24, 2.45) is 0 Å². The van der Waals surface area contributed by atoms with Crippen molar-refractivity contribution in [3.05, 3.63) is 12.2 Å². The molecule has 0 N–H and O–H groups in total. The summed E-state index contributed by atoms with van der Waals surface area (Å²) in [5.41, 5.74) is -0.0278. The second-order valence-electron chi connectivity index (χ2n) is 0.931. The first-order chi connectivity index (χ1) is 3.18. The fourth-order valence-corrected chi connectivity index (χ4v) is 0.250. The molecule has 3 heteroatoms. The standard InChI is InChI=1S/C4H4O2Se/c1-3(2-7)4(5)6/h2H,1H2,(H,5,6)/p-1. The Balaban J connectivity index is 3.81. The second-order valence-corrected chi connectivity index (χ2v) is 1.43. The van der Waals surface area contributed by atoms with E-state index in [1.165, 1.54) is 4.92 Å². The summed E-state index contributed by atoms with van der Waals surface area (Å²) >= 11 is 2.38. The molecular weight excluding hydrogens is 159 g/mol. The fourth-order valence-electron chi connectivity index (χ4n) is 0.0481. The summed E-state index contributed by atoms with van der Waals surface area (Å²) in [6.45, 7) is 3.12. The molecule has 0 aromatic carbocycles. The molecule has 0 atom stereocenters. The van der Waals surface area contributed by atoms with Gasteiger partial charge in [-0.3, -0.25) is 0 Å². The Bertz CT molecular complexity index is 117. The van der Waals surface area contributed by atoms with Gasteiger partial charge in [-0.05, 0) is 0 Å². The monoisotopic (exact) mass is 163 g/mol. The normalized spacial score (nSPS) is 7.43. The van der Waals surface area contributed by atoms with E-state index in [2.05, 4.69) is 22.2 Å². The summed E-state index contributed by atoms with van der Waals surface area (Å²) in [5.74, 6) is -1.24. The number of carbonyl (C=O) groups is 1. The van der Waals surface area contributed by atoms with E-state index >= 15 is 0 Å². The van der Waals surface area contributed by atoms with Crippen LogP contribution in [-0.2, 0) is 4.79 Å². The second kappa shape index (κ2) is 2.72. The van der Waals surface area contributed by atoms with E-state index in [1.807, 2.05) is 0 Å². The molecule has 7 heavy (non-hydrogen) atoms. The molecule has 0 unspecified atom stereocenters. The van der Waals surface area contributed by atoms with Gasteiger partial charge in [0.05, 0.1) is 0 Å². The molecule has 38 valence electrons. The molecule has 0 rings (SSSR count). The van der Waals surface area contributed by atoms with Crippen LogP contribution in [0, 0.1) is 0 Å². The van der Waals surface area contributed by atoms with Crippen molar-refractivity contribution in [3.8, 4) is 0 Å². The molecule has 0 fully saturated rings. The number of carboxylic acid groups (broad SMARTS) is 1. The predicted octanol–water partition coefficient (Wildman–Crippen LogP) is -1.74. The first-order valence-corrected chi connectivity index (χ1v) is 2.53. The third kappa shape index (κ3) is 2.31. The average Bonchev–Trinajstić information content (AvgIpc) is 1.65. The summed E-state index contributed by atoms with van der Waals surface area (Å²) in [5, 5.41) is 9.67. The van der Waals surface area contributed by atoms with Gasteiger partial charge < -0.3 is 0 Å². The zero-order valence-corrected chi connectivity index (χ0v) is 5.22. The van der Waals surface area contributed by atoms with E-state index < -0.39 is 5.97 Å². The maximum atomic E-state index is 9.67. The van der Waals surface area contributed by atoms with Crippen molar-refractivity contribution in [3.63, 3.8) is 0 Å². The molecule has 0 saturated heterocycles. The number of carbonyl (C=O) groups excluding carboxylic acids is 1. The van der Waals surface area contributed by atoms with Gasteiger partial charge in [0.2, 0.25) is 0 Å². The molecule has 0 heterocycles. The van der Waals surface area contributed by atoms with Gasteiger partial charge in [-0.25, -0.2) is 0 Å². The predicted molar refractivity (Wildman–Crippen MR) is 26.0 cm³/mol. The minimum absolute atomic E-state index is 0.0278. The Morgan fingerprint density at radius 3 is 2.29 bits per heavy atom. The Hall–Kier alpha value is -0.401. The number of hydrogen-bond donors (Lipinski definition) is 0. The molecular formula is C4H3O2Se-. The molecule has 0 saturated carbocycles. The van der Waals surface area contributed by atoms with E-state index in [0.29, 0.717) is 0 Å². The van der Waals surface area contributed by atoms with Crippen molar-refractivity contribution < 1.29 is 9.90 Å². The van der Waals surface area contributed by atoms with Crippen LogP contribution in [0.1, 0.15) is 0 Å². The maximum absolute atomic E-state index is 9.67. The van der Waals surface area contributed by atoms with Gasteiger partial charge in [0.15, 0.2) is 0 Å². The SMILES string of the molecule is C=C(C=[Se])C(=O)[O-]. The van der Waals surface area contributed by atoms with E-state index in [9.17, 15) is 9.90 Å². The van der Waals surface area contributed by atoms with E-state index in [0.717, 1.165) is 0 Å². The topological polar surface area (TPSA) is 40.1 Å². The van der Waals surface area contributed by atoms with Crippen LogP contribution in [0.3, 0.4) is 0 Å². The van der Waals surface area contributed by atoms with Crippen LogP contribution in [-0.4, -0.2) is 26.5 Å². The van der Waals surface area contributed by atoms with Crippen LogP contribution < -0.4 is 5.11 Å². The third-order valence-corrected chi connectivity index (χ3v) is 1.00. The minimum atomic E-state index is -1.24. The van der Waals surface area contributed by atoms with Gasteiger partial charge in [0, 0.05) is 0 Å². The number of rotatable bonds is 2. The average molecular weight is 162 g/mol. The molecule has 0 aliphatic rings. The Labute approximate surface area is 49.2 Å². The van der Waals surface area contributed by atoms with Crippen LogP contribution in [0.25, 0.3) is 0 Å². The summed E-state index contributed by atoms with van der Waals surface area (Å²) < 4.78 is 0. The van der Waals surface area contributed by atoms with Gasteiger partial charge >= 0.3 is 48.5 Å². The first kappa shape index (κ1) is 6.60. The van der Waals surface area contributed by atoms with E-state index in [4.69, 9.17) is 0 Å². The van der Waals surface area contributed by atoms with Crippen LogP contribution in [0.2, 0.25) is 0 Å². The van der Waals surface area contributed by atoms with Crippen LogP contribution >= 0.6 is 0 Å². The summed E-state index contributed by atoms with van der Waals surface area (Å²) in [6.07, 6.45) is 0. The molecule has 0 aromatic rings. The number of carboxylic acids is 1. The zero-order valence-electron chi connectivity index (χ0n) is 3.51. The summed E-state index contributed by atoms with van der Waals surface area (Å²) in [7, 11) is 0. The van der Waals surface area contributed by atoms with E-state index in [-0.39, 0.29) is 5.57 Å². The molecule has 2 nitrogen and oxygen atoms in total. The van der Waals surface area contributed by atoms with Crippen molar-refractivity contribution in [1.82, 2.24) is 0 Å². The molecule has 0 bridgehead atoms. The summed E-state index contributed by atoms with van der Waals surface area (Å²) in [6, 6.07) is 0. The van der Waals surface area contributed by atoms with Gasteiger partial charge in [-0.2, -0.15) is 0 Å². The van der Waals surface area contributed by atoms with Gasteiger partial charge in [-0.15, -0.1) is 0 Å². The van der Waals surface area contributed by atoms with Gasteiger partial charge in [0.25, 0.3) is 0 Å². The van der Waals surface area contributed by atoms with Crippen molar-refractivity contribution in [2.75, 3.05) is 0 Å². The zero-order chi connectivity index (χ0) is 5.86. The summed E-state index contributed by atoms with van der Waals surface area (Å²) in [4.78, 5) is 10.9. The van der Waals surface area contributed by atoms with Gasteiger partial charge in [-0.1, -0.05) is 0 Å². The number of hydrogen-bond acceptors (Lipinski definition) is 2. The molecule has 0 aliphatic carbocycles. The van der Waals surface area contributed by atoms with Crippen molar-refractivity contribution in [1.29, 1.82) is 0 Å². The quantitative estimate of drug-likeness (QED) is 0.357. The van der Waals surface area contributed by atoms with Gasteiger partial charge in [0.1, 0.15) is 0 Å². The molecule has 0 aliphatic heterocycles. The molecule has 0 amide bonds. The van der Waals surface area contributed by atoms with Crippen LogP contribution in [0.15, 0.2) is 12.2 Å². The van der Waals surface area contributed by atoms with Crippen molar-refractivity contribution >= 4 is 26.5 Å². The first-order valence-electron chi connectivity index (χ1n) is 1.54. The Morgan fingerprint density at radius 1 is 1.86 bits per heavy atom. The molecule has 0 spiro atoms. The van der Waals surface area contributed by atoms with Crippen LogP contribution in [0.4, 0.5) is 0 Å². The fraction of sp³-hybridized carbons (Fsp3) is 0. The van der Waals surface area contributed by atoms with E-state index in [1.54, 1.807) is 0 Å². The number of aliphatic carboxylic acids is 1. The Morgan fingerprint density at radius 2 is 2.29 bits per heavy atom. The van der Waals surface area contributed by atoms with Crippen LogP contribution in [0.5, 0.6) is 0 Å².